The summed E-state index contributed by atoms with van der Waals surface area (Å²) >= 11 is 0. The lowest BCUT2D eigenvalue weighted by Crippen LogP contribution is -2.33. The molecule has 1 aromatic carbocycles. The van der Waals surface area contributed by atoms with Crippen molar-refractivity contribution >= 4 is 16.9 Å². The van der Waals surface area contributed by atoms with Crippen molar-refractivity contribution in [3.8, 4) is 28.5 Å². The number of benzene rings is 1. The Kier molecular flexibility index (Phi) is 5.32. The van der Waals surface area contributed by atoms with Gasteiger partial charge in [-0.15, -0.1) is 0 Å². The molecule has 2 N–H and O–H groups in total. The number of aromatic amines is 2. The number of hydrogen-bond acceptors (Lipinski definition) is 7. The number of pyridine rings is 1. The van der Waals surface area contributed by atoms with E-state index in [0.717, 1.165) is 65.4 Å². The van der Waals surface area contributed by atoms with Crippen molar-refractivity contribution < 1.29 is 9.13 Å². The van der Waals surface area contributed by atoms with Gasteiger partial charge in [0.05, 0.1) is 12.5 Å². The van der Waals surface area contributed by atoms with E-state index in [1.165, 1.54) is 12.1 Å². The number of hydrogen-bond donors (Lipinski definition) is 2. The van der Waals surface area contributed by atoms with E-state index in [-0.39, 0.29) is 11.7 Å². The molecule has 5 aromatic rings. The van der Waals surface area contributed by atoms with Crippen LogP contribution in [0.3, 0.4) is 0 Å². The maximum Gasteiger partial charge on any atom is 0.213 e. The summed E-state index contributed by atoms with van der Waals surface area (Å²) in [5, 5.41) is 8.41. The van der Waals surface area contributed by atoms with Crippen LogP contribution in [0.2, 0.25) is 0 Å². The molecule has 0 saturated carbocycles. The van der Waals surface area contributed by atoms with Crippen molar-refractivity contribution in [3.63, 3.8) is 0 Å². The fraction of sp³-hybridized carbons (Fsp3) is 0.240. The van der Waals surface area contributed by atoms with Gasteiger partial charge in [-0.25, -0.2) is 24.3 Å². The molecule has 1 fully saturated rings. The Morgan fingerprint density at radius 1 is 1.00 bits per heavy atom. The van der Waals surface area contributed by atoms with Gasteiger partial charge >= 0.3 is 0 Å². The van der Waals surface area contributed by atoms with Gasteiger partial charge in [0.15, 0.2) is 5.82 Å². The second-order valence-corrected chi connectivity index (χ2v) is 8.54. The normalized spacial score (nSPS) is 14.5. The van der Waals surface area contributed by atoms with Crippen molar-refractivity contribution in [2.75, 3.05) is 25.1 Å². The standard InChI is InChI=1S/C25H23FN8O/c1-35-21-12-17(6-9-27-21)20-13-19-24(30-20)28-14-29-25(19)34-10-7-16(8-11-34)23-31-22(32-33-23)15-2-4-18(26)5-3-15/h2-6,9,12-14,16H,7-8,10-11H2,1H3,(H,28,29,30)(H,31,32,33). The fourth-order valence-corrected chi connectivity index (χ4v) is 4.57. The topological polar surface area (TPSA) is 109 Å². The molecule has 10 heteroatoms. The first-order chi connectivity index (χ1) is 17.2. The number of rotatable bonds is 5. The van der Waals surface area contributed by atoms with E-state index < -0.39 is 0 Å². The van der Waals surface area contributed by atoms with Crippen LogP contribution in [0.15, 0.2) is 55.0 Å². The molecular formula is C25H23FN8O. The molecule has 176 valence electrons. The summed E-state index contributed by atoms with van der Waals surface area (Å²) < 4.78 is 18.5. The Morgan fingerprint density at radius 3 is 2.63 bits per heavy atom. The summed E-state index contributed by atoms with van der Waals surface area (Å²) in [4.78, 5) is 23.6. The molecule has 0 radical (unpaired) electrons. The van der Waals surface area contributed by atoms with Gasteiger partial charge in [-0.1, -0.05) is 0 Å². The predicted octanol–water partition coefficient (Wildman–Crippen LogP) is 4.34. The molecule has 0 bridgehead atoms. The van der Waals surface area contributed by atoms with Gasteiger partial charge in [0, 0.05) is 48.1 Å². The van der Waals surface area contributed by atoms with Crippen LogP contribution in [0.5, 0.6) is 5.88 Å². The average molecular weight is 471 g/mol. The quantitative estimate of drug-likeness (QED) is 0.393. The van der Waals surface area contributed by atoms with E-state index in [4.69, 9.17) is 4.74 Å². The first kappa shape index (κ1) is 21.2. The van der Waals surface area contributed by atoms with Gasteiger partial charge in [0.25, 0.3) is 0 Å². The third kappa shape index (κ3) is 4.07. The lowest BCUT2D eigenvalue weighted by molar-refractivity contribution is 0.398. The number of piperidine rings is 1. The third-order valence-corrected chi connectivity index (χ3v) is 6.45. The first-order valence-electron chi connectivity index (χ1n) is 11.5. The summed E-state index contributed by atoms with van der Waals surface area (Å²) in [6.07, 6.45) is 5.16. The number of methoxy groups -OCH3 is 1. The highest BCUT2D eigenvalue weighted by Gasteiger charge is 2.26. The average Bonchev–Trinajstić information content (AvgIpc) is 3.57. The highest BCUT2D eigenvalue weighted by Crippen LogP contribution is 2.33. The molecule has 1 saturated heterocycles. The molecule has 0 unspecified atom stereocenters. The molecular weight excluding hydrogens is 447 g/mol. The minimum absolute atomic E-state index is 0.272. The number of H-pyrrole nitrogens is 2. The SMILES string of the molecule is COc1cc(-c2cc3c(N4CCC(c5nc(-c6ccc(F)cc6)n[nH]5)CC4)ncnc3[nH]2)ccn1. The first-order valence-corrected chi connectivity index (χ1v) is 11.5. The van der Waals surface area contributed by atoms with Crippen LogP contribution in [-0.2, 0) is 0 Å². The second-order valence-electron chi connectivity index (χ2n) is 8.54. The molecule has 0 aliphatic carbocycles. The molecule has 4 aromatic heterocycles. The molecule has 35 heavy (non-hydrogen) atoms. The zero-order valence-corrected chi connectivity index (χ0v) is 19.1. The summed E-state index contributed by atoms with van der Waals surface area (Å²) in [7, 11) is 1.60. The van der Waals surface area contributed by atoms with E-state index in [9.17, 15) is 4.39 Å². The van der Waals surface area contributed by atoms with Crippen LogP contribution in [0.1, 0.15) is 24.6 Å². The van der Waals surface area contributed by atoms with Gasteiger partial charge in [-0.2, -0.15) is 5.10 Å². The van der Waals surface area contributed by atoms with Crippen LogP contribution in [-0.4, -0.2) is 55.3 Å². The minimum Gasteiger partial charge on any atom is -0.481 e. The summed E-state index contributed by atoms with van der Waals surface area (Å²) in [5.74, 6) is 2.94. The van der Waals surface area contributed by atoms with Gasteiger partial charge in [-0.3, -0.25) is 5.10 Å². The molecule has 0 spiro atoms. The Bertz CT molecular complexity index is 1470. The van der Waals surface area contributed by atoms with Crippen LogP contribution in [0.4, 0.5) is 10.2 Å². The van der Waals surface area contributed by atoms with Gasteiger partial charge in [0.1, 0.15) is 29.4 Å². The van der Waals surface area contributed by atoms with Gasteiger partial charge < -0.3 is 14.6 Å². The maximum absolute atomic E-state index is 13.2. The Balaban J connectivity index is 1.20. The fourth-order valence-electron chi connectivity index (χ4n) is 4.57. The number of ether oxygens (including phenoxy) is 1. The van der Waals surface area contributed by atoms with E-state index in [1.54, 1.807) is 31.8 Å². The smallest absolute Gasteiger partial charge is 0.213 e. The molecule has 1 aliphatic heterocycles. The van der Waals surface area contributed by atoms with E-state index >= 15 is 0 Å². The molecule has 5 heterocycles. The van der Waals surface area contributed by atoms with Crippen molar-refractivity contribution in [2.45, 2.75) is 18.8 Å². The molecule has 6 rings (SSSR count). The monoisotopic (exact) mass is 470 g/mol. The Hall–Kier alpha value is -4.34. The zero-order valence-electron chi connectivity index (χ0n) is 19.1. The zero-order chi connectivity index (χ0) is 23.8. The predicted molar refractivity (Wildman–Crippen MR) is 130 cm³/mol. The third-order valence-electron chi connectivity index (χ3n) is 6.45. The summed E-state index contributed by atoms with van der Waals surface area (Å²) in [6.45, 7) is 1.68. The van der Waals surface area contributed by atoms with Crippen LogP contribution < -0.4 is 9.64 Å². The van der Waals surface area contributed by atoms with Crippen LogP contribution in [0, 0.1) is 5.82 Å². The van der Waals surface area contributed by atoms with Crippen molar-refractivity contribution in [1.29, 1.82) is 0 Å². The molecule has 0 amide bonds. The Morgan fingerprint density at radius 2 is 1.83 bits per heavy atom. The number of nitrogens with one attached hydrogen (secondary N) is 2. The molecule has 0 atom stereocenters. The maximum atomic E-state index is 13.2. The number of halogens is 1. The number of aromatic nitrogens is 7. The minimum atomic E-state index is -0.272. The summed E-state index contributed by atoms with van der Waals surface area (Å²) in [5.41, 5.74) is 3.50. The highest BCUT2D eigenvalue weighted by molar-refractivity contribution is 5.92. The lowest BCUT2D eigenvalue weighted by atomic mass is 9.96. The lowest BCUT2D eigenvalue weighted by Gasteiger charge is -2.32. The van der Waals surface area contributed by atoms with Crippen molar-refractivity contribution in [1.82, 2.24) is 35.1 Å². The van der Waals surface area contributed by atoms with E-state index in [2.05, 4.69) is 46.1 Å². The van der Waals surface area contributed by atoms with Crippen LogP contribution >= 0.6 is 0 Å². The van der Waals surface area contributed by atoms with Gasteiger partial charge in [-0.05, 0) is 49.2 Å². The van der Waals surface area contributed by atoms with Crippen molar-refractivity contribution in [3.05, 3.63) is 66.6 Å². The number of nitrogens with zero attached hydrogens (tertiary/aromatic N) is 6. The second kappa shape index (κ2) is 8.79. The largest absolute Gasteiger partial charge is 0.481 e. The molecule has 9 nitrogen and oxygen atoms in total. The summed E-state index contributed by atoms with van der Waals surface area (Å²) in [6, 6.07) is 12.1. The molecule has 1 aliphatic rings. The van der Waals surface area contributed by atoms with Crippen LogP contribution in [0.25, 0.3) is 33.7 Å². The number of anilines is 1. The van der Waals surface area contributed by atoms with E-state index in [1.807, 2.05) is 12.1 Å². The number of fused-ring (bicyclic) bond motifs is 1. The van der Waals surface area contributed by atoms with Gasteiger partial charge in [0.2, 0.25) is 5.88 Å². The van der Waals surface area contributed by atoms with Crippen molar-refractivity contribution in [2.24, 2.45) is 0 Å². The Labute approximate surface area is 200 Å². The van der Waals surface area contributed by atoms with E-state index in [0.29, 0.717) is 11.7 Å². The highest BCUT2D eigenvalue weighted by atomic mass is 19.1.